The molecule has 2 aromatic rings. The van der Waals surface area contributed by atoms with Gasteiger partial charge >= 0.3 is 5.69 Å². The Morgan fingerprint density at radius 3 is 2.45 bits per heavy atom. The molecule has 0 unspecified atom stereocenters. The van der Waals surface area contributed by atoms with Crippen LogP contribution in [0.5, 0.6) is 17.2 Å². The molecular formula is C13H9Br2NO4. The summed E-state index contributed by atoms with van der Waals surface area (Å²) in [6.45, 7) is 0. The number of methoxy groups -OCH3 is 1. The molecule has 0 aliphatic rings. The number of benzene rings is 2. The summed E-state index contributed by atoms with van der Waals surface area (Å²) < 4.78 is 12.3. The van der Waals surface area contributed by atoms with Crippen molar-refractivity contribution in [1.29, 1.82) is 0 Å². The summed E-state index contributed by atoms with van der Waals surface area (Å²) in [7, 11) is 1.38. The predicted molar refractivity (Wildman–Crippen MR) is 81.6 cm³/mol. The maximum absolute atomic E-state index is 10.8. The number of nitrogens with zero attached hydrogens (tertiary/aromatic N) is 1. The molecule has 0 fully saturated rings. The van der Waals surface area contributed by atoms with E-state index in [2.05, 4.69) is 31.9 Å². The Labute approximate surface area is 131 Å². The molecule has 20 heavy (non-hydrogen) atoms. The maximum Gasteiger partial charge on any atom is 0.311 e. The lowest BCUT2D eigenvalue weighted by atomic mass is 10.2. The number of ether oxygens (including phenoxy) is 2. The summed E-state index contributed by atoms with van der Waals surface area (Å²) in [5.74, 6) is 1.21. The van der Waals surface area contributed by atoms with E-state index in [0.717, 1.165) is 8.95 Å². The minimum atomic E-state index is -0.502. The molecule has 0 heterocycles. The molecule has 0 aromatic heterocycles. The van der Waals surface area contributed by atoms with E-state index in [1.165, 1.54) is 25.3 Å². The Morgan fingerprint density at radius 2 is 1.85 bits per heavy atom. The lowest BCUT2D eigenvalue weighted by molar-refractivity contribution is -0.385. The van der Waals surface area contributed by atoms with Crippen molar-refractivity contribution in [3.05, 3.63) is 55.5 Å². The second-order valence-electron chi connectivity index (χ2n) is 3.77. The molecule has 0 saturated heterocycles. The SMILES string of the molecule is COc1cc(Oc2ccc(Br)cc2Br)ccc1[N+](=O)[O-]. The molecule has 5 nitrogen and oxygen atoms in total. The van der Waals surface area contributed by atoms with Gasteiger partial charge < -0.3 is 9.47 Å². The fraction of sp³-hybridized carbons (Fsp3) is 0.0769. The molecule has 104 valence electrons. The highest BCUT2D eigenvalue weighted by Gasteiger charge is 2.15. The smallest absolute Gasteiger partial charge is 0.311 e. The topological polar surface area (TPSA) is 61.6 Å². The van der Waals surface area contributed by atoms with Crippen LogP contribution >= 0.6 is 31.9 Å². The zero-order valence-electron chi connectivity index (χ0n) is 10.3. The normalized spacial score (nSPS) is 10.2. The molecular weight excluding hydrogens is 394 g/mol. The molecule has 2 aromatic carbocycles. The third-order valence-electron chi connectivity index (χ3n) is 2.47. The Kier molecular flexibility index (Phi) is 4.61. The van der Waals surface area contributed by atoms with Crippen molar-refractivity contribution in [3.8, 4) is 17.2 Å². The zero-order valence-corrected chi connectivity index (χ0v) is 13.5. The molecule has 0 bridgehead atoms. The second kappa shape index (κ2) is 6.23. The number of rotatable bonds is 4. The van der Waals surface area contributed by atoms with Crippen LogP contribution in [-0.2, 0) is 0 Å². The van der Waals surface area contributed by atoms with E-state index in [9.17, 15) is 10.1 Å². The maximum atomic E-state index is 10.8. The van der Waals surface area contributed by atoms with Crippen molar-refractivity contribution < 1.29 is 14.4 Å². The van der Waals surface area contributed by atoms with Crippen LogP contribution in [0.2, 0.25) is 0 Å². The van der Waals surface area contributed by atoms with Crippen LogP contribution in [0.15, 0.2) is 45.3 Å². The first-order valence-electron chi connectivity index (χ1n) is 5.46. The van der Waals surface area contributed by atoms with Gasteiger partial charge in [-0.25, -0.2) is 0 Å². The van der Waals surface area contributed by atoms with Crippen molar-refractivity contribution >= 4 is 37.5 Å². The molecule has 0 saturated carbocycles. The van der Waals surface area contributed by atoms with Gasteiger partial charge in [-0.3, -0.25) is 10.1 Å². The average Bonchev–Trinajstić information content (AvgIpc) is 2.41. The van der Waals surface area contributed by atoms with Gasteiger partial charge in [-0.2, -0.15) is 0 Å². The quantitative estimate of drug-likeness (QED) is 0.537. The molecule has 0 radical (unpaired) electrons. The molecule has 0 amide bonds. The molecule has 0 aliphatic carbocycles. The van der Waals surface area contributed by atoms with Crippen LogP contribution in [0, 0.1) is 10.1 Å². The van der Waals surface area contributed by atoms with E-state index in [1.807, 2.05) is 12.1 Å². The Bertz CT molecular complexity index is 661. The van der Waals surface area contributed by atoms with E-state index >= 15 is 0 Å². The van der Waals surface area contributed by atoms with Crippen molar-refractivity contribution in [2.45, 2.75) is 0 Å². The van der Waals surface area contributed by atoms with Gasteiger partial charge in [0, 0.05) is 16.6 Å². The molecule has 7 heteroatoms. The van der Waals surface area contributed by atoms with Crippen molar-refractivity contribution in [3.63, 3.8) is 0 Å². The minimum absolute atomic E-state index is 0.102. The monoisotopic (exact) mass is 401 g/mol. The summed E-state index contributed by atoms with van der Waals surface area (Å²) in [6, 6.07) is 9.81. The van der Waals surface area contributed by atoms with Gasteiger partial charge in [-0.05, 0) is 40.2 Å². The lowest BCUT2D eigenvalue weighted by Crippen LogP contribution is -1.94. The summed E-state index contributed by atoms with van der Waals surface area (Å²) in [6.07, 6.45) is 0. The molecule has 2 rings (SSSR count). The first-order chi connectivity index (χ1) is 9.51. The van der Waals surface area contributed by atoms with Crippen LogP contribution in [0.1, 0.15) is 0 Å². The second-order valence-corrected chi connectivity index (χ2v) is 5.54. The summed E-state index contributed by atoms with van der Waals surface area (Å²) in [5.41, 5.74) is -0.102. The zero-order chi connectivity index (χ0) is 14.7. The largest absolute Gasteiger partial charge is 0.490 e. The number of hydrogen-bond acceptors (Lipinski definition) is 4. The van der Waals surface area contributed by atoms with Gasteiger partial charge in [-0.15, -0.1) is 0 Å². The van der Waals surface area contributed by atoms with Crippen molar-refractivity contribution in [1.82, 2.24) is 0 Å². The number of hydrogen-bond donors (Lipinski definition) is 0. The number of halogens is 2. The molecule has 0 aliphatic heterocycles. The van der Waals surface area contributed by atoms with Gasteiger partial charge in [0.25, 0.3) is 0 Å². The van der Waals surface area contributed by atoms with Gasteiger partial charge in [0.05, 0.1) is 16.5 Å². The van der Waals surface area contributed by atoms with Crippen LogP contribution in [0.25, 0.3) is 0 Å². The first kappa shape index (κ1) is 14.8. The summed E-state index contributed by atoms with van der Waals surface area (Å²) in [4.78, 5) is 10.3. The predicted octanol–water partition coefficient (Wildman–Crippen LogP) is 4.92. The van der Waals surface area contributed by atoms with E-state index in [-0.39, 0.29) is 11.4 Å². The highest BCUT2D eigenvalue weighted by Crippen LogP contribution is 2.36. The van der Waals surface area contributed by atoms with Crippen LogP contribution in [0.4, 0.5) is 5.69 Å². The fourth-order valence-corrected chi connectivity index (χ4v) is 2.69. The molecule has 0 atom stereocenters. The highest BCUT2D eigenvalue weighted by atomic mass is 79.9. The van der Waals surface area contributed by atoms with E-state index in [0.29, 0.717) is 11.5 Å². The summed E-state index contributed by atoms with van der Waals surface area (Å²) in [5, 5.41) is 10.8. The van der Waals surface area contributed by atoms with Crippen LogP contribution in [0.3, 0.4) is 0 Å². The van der Waals surface area contributed by atoms with Gasteiger partial charge in [0.2, 0.25) is 5.75 Å². The molecule has 0 N–H and O–H groups in total. The van der Waals surface area contributed by atoms with Crippen molar-refractivity contribution in [2.24, 2.45) is 0 Å². The summed E-state index contributed by atoms with van der Waals surface area (Å²) >= 11 is 6.73. The van der Waals surface area contributed by atoms with E-state index < -0.39 is 4.92 Å². The average molecular weight is 403 g/mol. The van der Waals surface area contributed by atoms with E-state index in [4.69, 9.17) is 9.47 Å². The Morgan fingerprint density at radius 1 is 1.10 bits per heavy atom. The number of nitro benzene ring substituents is 1. The standard InChI is InChI=1S/C13H9Br2NO4/c1-19-13-7-9(3-4-11(13)16(17)18)20-12-5-2-8(14)6-10(12)15/h2-7H,1H3. The minimum Gasteiger partial charge on any atom is -0.490 e. The van der Waals surface area contributed by atoms with Gasteiger partial charge in [-0.1, -0.05) is 15.9 Å². The van der Waals surface area contributed by atoms with E-state index in [1.54, 1.807) is 6.07 Å². The Balaban J connectivity index is 2.32. The third kappa shape index (κ3) is 3.29. The van der Waals surface area contributed by atoms with Crippen LogP contribution in [-0.4, -0.2) is 12.0 Å². The lowest BCUT2D eigenvalue weighted by Gasteiger charge is -2.09. The number of nitro groups is 1. The van der Waals surface area contributed by atoms with Gasteiger partial charge in [0.1, 0.15) is 11.5 Å². The third-order valence-corrected chi connectivity index (χ3v) is 3.58. The fourth-order valence-electron chi connectivity index (χ4n) is 1.56. The highest BCUT2D eigenvalue weighted by molar-refractivity contribution is 9.11. The van der Waals surface area contributed by atoms with Gasteiger partial charge in [0.15, 0.2) is 0 Å². The van der Waals surface area contributed by atoms with Crippen LogP contribution < -0.4 is 9.47 Å². The van der Waals surface area contributed by atoms with Crippen molar-refractivity contribution in [2.75, 3.05) is 7.11 Å². The Hall–Kier alpha value is -1.60. The first-order valence-corrected chi connectivity index (χ1v) is 7.05. The molecule has 0 spiro atoms.